The fourth-order valence-electron chi connectivity index (χ4n) is 1.76. The lowest BCUT2D eigenvalue weighted by atomic mass is 10.3. The molecule has 0 bridgehead atoms. The standard InChI is InChI=1S/C17H18N2O2/c1-2-12-18-13-17(20)19-15-10-6-7-11-16(15)21-14-8-4-3-5-9-14/h2-11,18H,1,12-13H2,(H,19,20). The van der Waals surface area contributed by atoms with E-state index in [4.69, 9.17) is 4.74 Å². The van der Waals surface area contributed by atoms with Crippen LogP contribution in [0.3, 0.4) is 0 Å². The molecule has 0 heterocycles. The van der Waals surface area contributed by atoms with Crippen LogP contribution in [-0.4, -0.2) is 19.0 Å². The first-order chi connectivity index (χ1) is 10.3. The van der Waals surface area contributed by atoms with Crippen molar-refractivity contribution >= 4 is 11.6 Å². The first-order valence-corrected chi connectivity index (χ1v) is 6.73. The van der Waals surface area contributed by atoms with Crippen molar-refractivity contribution in [2.24, 2.45) is 0 Å². The maximum Gasteiger partial charge on any atom is 0.238 e. The van der Waals surface area contributed by atoms with E-state index in [1.54, 1.807) is 6.08 Å². The topological polar surface area (TPSA) is 50.4 Å². The highest BCUT2D eigenvalue weighted by atomic mass is 16.5. The summed E-state index contributed by atoms with van der Waals surface area (Å²) < 4.78 is 5.78. The summed E-state index contributed by atoms with van der Waals surface area (Å²) in [6.45, 7) is 4.41. The highest BCUT2D eigenvalue weighted by Gasteiger charge is 2.07. The number of rotatable bonds is 7. The quantitative estimate of drug-likeness (QED) is 0.605. The second-order valence-electron chi connectivity index (χ2n) is 4.38. The number of para-hydroxylation sites is 3. The lowest BCUT2D eigenvalue weighted by molar-refractivity contribution is -0.115. The van der Waals surface area contributed by atoms with Crippen molar-refractivity contribution < 1.29 is 9.53 Å². The fourth-order valence-corrected chi connectivity index (χ4v) is 1.76. The zero-order valence-corrected chi connectivity index (χ0v) is 11.7. The summed E-state index contributed by atoms with van der Waals surface area (Å²) in [5, 5.41) is 5.78. The second-order valence-corrected chi connectivity index (χ2v) is 4.38. The molecule has 2 N–H and O–H groups in total. The molecule has 0 aliphatic carbocycles. The van der Waals surface area contributed by atoms with Crippen LogP contribution >= 0.6 is 0 Å². The molecule has 108 valence electrons. The molecule has 0 atom stereocenters. The number of hydrogen-bond acceptors (Lipinski definition) is 3. The van der Waals surface area contributed by atoms with Gasteiger partial charge in [-0.2, -0.15) is 0 Å². The molecule has 0 fully saturated rings. The van der Waals surface area contributed by atoms with Gasteiger partial charge >= 0.3 is 0 Å². The molecule has 0 spiro atoms. The molecule has 0 aliphatic heterocycles. The number of carbonyl (C=O) groups excluding carboxylic acids is 1. The molecule has 2 aromatic carbocycles. The summed E-state index contributed by atoms with van der Waals surface area (Å²) >= 11 is 0. The number of anilines is 1. The third-order valence-corrected chi connectivity index (χ3v) is 2.71. The molecule has 2 rings (SSSR count). The molecule has 0 unspecified atom stereocenters. The van der Waals surface area contributed by atoms with Gasteiger partial charge in [-0.15, -0.1) is 6.58 Å². The average Bonchev–Trinajstić information content (AvgIpc) is 2.51. The SMILES string of the molecule is C=CCNCC(=O)Nc1ccccc1Oc1ccccc1. The van der Waals surface area contributed by atoms with Gasteiger partial charge in [0, 0.05) is 6.54 Å². The summed E-state index contributed by atoms with van der Waals surface area (Å²) in [7, 11) is 0. The maximum atomic E-state index is 11.8. The first kappa shape index (κ1) is 14.8. The number of hydrogen-bond donors (Lipinski definition) is 2. The summed E-state index contributed by atoms with van der Waals surface area (Å²) in [5.41, 5.74) is 0.645. The molecular formula is C17H18N2O2. The normalized spacial score (nSPS) is 9.90. The van der Waals surface area contributed by atoms with Crippen molar-refractivity contribution in [3.05, 3.63) is 67.3 Å². The van der Waals surface area contributed by atoms with Crippen molar-refractivity contribution in [1.29, 1.82) is 0 Å². The van der Waals surface area contributed by atoms with Gasteiger partial charge in [-0.05, 0) is 24.3 Å². The van der Waals surface area contributed by atoms with Gasteiger partial charge in [0.2, 0.25) is 5.91 Å². The van der Waals surface area contributed by atoms with Crippen LogP contribution < -0.4 is 15.4 Å². The Morgan fingerprint density at radius 2 is 1.81 bits per heavy atom. The van der Waals surface area contributed by atoms with Crippen LogP contribution in [0.25, 0.3) is 0 Å². The molecule has 2 aromatic rings. The van der Waals surface area contributed by atoms with Gasteiger partial charge in [-0.3, -0.25) is 4.79 Å². The zero-order chi connectivity index (χ0) is 14.9. The lowest BCUT2D eigenvalue weighted by Crippen LogP contribution is -2.28. The minimum atomic E-state index is -0.124. The number of benzene rings is 2. The zero-order valence-electron chi connectivity index (χ0n) is 11.7. The van der Waals surface area contributed by atoms with E-state index in [2.05, 4.69) is 17.2 Å². The van der Waals surface area contributed by atoms with E-state index in [0.29, 0.717) is 18.0 Å². The van der Waals surface area contributed by atoms with Crippen LogP contribution in [-0.2, 0) is 4.79 Å². The van der Waals surface area contributed by atoms with Gasteiger partial charge in [0.25, 0.3) is 0 Å². The van der Waals surface area contributed by atoms with Gasteiger partial charge in [0.05, 0.1) is 12.2 Å². The summed E-state index contributed by atoms with van der Waals surface area (Å²) in [5.74, 6) is 1.21. The van der Waals surface area contributed by atoms with Crippen LogP contribution in [0.2, 0.25) is 0 Å². The number of nitrogens with one attached hydrogen (secondary N) is 2. The smallest absolute Gasteiger partial charge is 0.238 e. The molecule has 0 aromatic heterocycles. The van der Waals surface area contributed by atoms with Crippen LogP contribution in [0.5, 0.6) is 11.5 Å². The predicted octanol–water partition coefficient (Wildman–Crippen LogP) is 3.19. The second kappa shape index (κ2) is 7.87. The number of amides is 1. The monoisotopic (exact) mass is 282 g/mol. The highest BCUT2D eigenvalue weighted by molar-refractivity contribution is 5.93. The van der Waals surface area contributed by atoms with Gasteiger partial charge < -0.3 is 15.4 Å². The van der Waals surface area contributed by atoms with Crippen molar-refractivity contribution in [2.75, 3.05) is 18.4 Å². The van der Waals surface area contributed by atoms with Gasteiger partial charge in [0.1, 0.15) is 5.75 Å². The van der Waals surface area contributed by atoms with Gasteiger partial charge in [0.15, 0.2) is 5.75 Å². The Morgan fingerprint density at radius 3 is 2.57 bits per heavy atom. The minimum absolute atomic E-state index is 0.124. The molecule has 4 heteroatoms. The summed E-state index contributed by atoms with van der Waals surface area (Å²) in [6, 6.07) is 16.8. The van der Waals surface area contributed by atoms with E-state index in [9.17, 15) is 4.79 Å². The highest BCUT2D eigenvalue weighted by Crippen LogP contribution is 2.28. The van der Waals surface area contributed by atoms with E-state index in [-0.39, 0.29) is 12.5 Å². The number of ether oxygens (including phenoxy) is 1. The summed E-state index contributed by atoms with van der Waals surface area (Å²) in [4.78, 5) is 11.8. The van der Waals surface area contributed by atoms with Gasteiger partial charge in [-0.25, -0.2) is 0 Å². The predicted molar refractivity (Wildman–Crippen MR) is 84.7 cm³/mol. The van der Waals surface area contributed by atoms with Crippen molar-refractivity contribution in [2.45, 2.75) is 0 Å². The largest absolute Gasteiger partial charge is 0.455 e. The van der Waals surface area contributed by atoms with E-state index in [0.717, 1.165) is 5.75 Å². The molecule has 0 radical (unpaired) electrons. The van der Waals surface area contributed by atoms with Crippen molar-refractivity contribution in [3.63, 3.8) is 0 Å². The van der Waals surface area contributed by atoms with Crippen molar-refractivity contribution in [1.82, 2.24) is 5.32 Å². The third kappa shape index (κ3) is 4.78. The Kier molecular flexibility index (Phi) is 5.55. The third-order valence-electron chi connectivity index (χ3n) is 2.71. The maximum absolute atomic E-state index is 11.8. The molecule has 0 saturated carbocycles. The molecule has 0 aliphatic rings. The van der Waals surface area contributed by atoms with Gasteiger partial charge in [-0.1, -0.05) is 36.4 Å². The Balaban J connectivity index is 2.03. The van der Waals surface area contributed by atoms with E-state index in [1.807, 2.05) is 54.6 Å². The Hall–Kier alpha value is -2.59. The lowest BCUT2D eigenvalue weighted by Gasteiger charge is -2.12. The molecule has 1 amide bonds. The van der Waals surface area contributed by atoms with Crippen molar-refractivity contribution in [3.8, 4) is 11.5 Å². The Bertz CT molecular complexity index is 597. The first-order valence-electron chi connectivity index (χ1n) is 6.73. The van der Waals surface area contributed by atoms with E-state index < -0.39 is 0 Å². The molecule has 0 saturated heterocycles. The van der Waals surface area contributed by atoms with Crippen LogP contribution in [0.4, 0.5) is 5.69 Å². The molecular weight excluding hydrogens is 264 g/mol. The average molecular weight is 282 g/mol. The Labute approximate surface area is 124 Å². The van der Waals surface area contributed by atoms with Crippen LogP contribution in [0, 0.1) is 0 Å². The van der Waals surface area contributed by atoms with E-state index >= 15 is 0 Å². The molecule has 4 nitrogen and oxygen atoms in total. The Morgan fingerprint density at radius 1 is 1.10 bits per heavy atom. The number of carbonyl (C=O) groups is 1. The minimum Gasteiger partial charge on any atom is -0.455 e. The fraction of sp³-hybridized carbons (Fsp3) is 0.118. The van der Waals surface area contributed by atoms with Crippen LogP contribution in [0.15, 0.2) is 67.3 Å². The van der Waals surface area contributed by atoms with E-state index in [1.165, 1.54) is 0 Å². The summed E-state index contributed by atoms with van der Waals surface area (Å²) in [6.07, 6.45) is 1.71. The molecule has 21 heavy (non-hydrogen) atoms. The van der Waals surface area contributed by atoms with Crippen LogP contribution in [0.1, 0.15) is 0 Å².